The topological polar surface area (TPSA) is 93.7 Å². The van der Waals surface area contributed by atoms with Gasteiger partial charge in [-0.25, -0.2) is 4.98 Å². The molecule has 36 heavy (non-hydrogen) atoms. The van der Waals surface area contributed by atoms with Crippen LogP contribution in [0.2, 0.25) is 0 Å². The number of carbonyl (C=O) groups excluding carboxylic acids is 2. The number of anilines is 4. The number of aromatic nitrogens is 2. The molecule has 0 bridgehead atoms. The van der Waals surface area contributed by atoms with Gasteiger partial charge < -0.3 is 20.4 Å². The van der Waals surface area contributed by atoms with E-state index in [0.29, 0.717) is 30.8 Å². The van der Waals surface area contributed by atoms with Gasteiger partial charge in [0.2, 0.25) is 18.3 Å². The third-order valence-corrected chi connectivity index (χ3v) is 7.93. The number of nitrogens with zero attached hydrogens (tertiary/aromatic N) is 5. The normalized spacial score (nSPS) is 22.3. The van der Waals surface area contributed by atoms with Gasteiger partial charge in [-0.15, -0.1) is 0 Å². The molecule has 2 atom stereocenters. The largest absolute Gasteiger partial charge is 0.370 e. The van der Waals surface area contributed by atoms with Crippen LogP contribution in [0.5, 0.6) is 0 Å². The lowest BCUT2D eigenvalue weighted by atomic mass is 9.99. The number of benzene rings is 1. The molecule has 3 fully saturated rings. The molecule has 5 rings (SSSR count). The maximum Gasteiger partial charge on any atom is 0.229 e. The van der Waals surface area contributed by atoms with Crippen LogP contribution in [-0.4, -0.2) is 73.0 Å². The zero-order valence-electron chi connectivity index (χ0n) is 21.3. The number of rotatable bonds is 9. The Morgan fingerprint density at radius 3 is 2.53 bits per heavy atom. The van der Waals surface area contributed by atoms with E-state index in [-0.39, 0.29) is 17.9 Å². The van der Waals surface area contributed by atoms with E-state index in [4.69, 9.17) is 4.98 Å². The molecule has 1 aromatic heterocycles. The second-order valence-corrected chi connectivity index (χ2v) is 10.5. The predicted molar refractivity (Wildman–Crippen MR) is 142 cm³/mol. The number of likely N-dealkylation sites (N-methyl/N-ethyl adjacent to an activating group) is 1. The molecule has 0 radical (unpaired) electrons. The van der Waals surface area contributed by atoms with E-state index in [0.717, 1.165) is 62.9 Å². The van der Waals surface area contributed by atoms with Crippen molar-refractivity contribution < 1.29 is 9.59 Å². The number of nitrogens with one attached hydrogen (secondary N) is 2. The molecule has 3 aliphatic rings. The highest BCUT2D eigenvalue weighted by atomic mass is 16.2. The molecule has 9 nitrogen and oxygen atoms in total. The van der Waals surface area contributed by atoms with Crippen molar-refractivity contribution in [3.63, 3.8) is 0 Å². The Morgan fingerprint density at radius 2 is 1.89 bits per heavy atom. The molecule has 0 spiro atoms. The first kappa shape index (κ1) is 24.5. The number of hydrogen-bond donors (Lipinski definition) is 2. The molecular weight excluding hydrogens is 454 g/mol. The van der Waals surface area contributed by atoms with E-state index in [1.807, 2.05) is 12.1 Å². The Morgan fingerprint density at radius 1 is 1.11 bits per heavy atom. The highest BCUT2D eigenvalue weighted by molar-refractivity contribution is 5.82. The van der Waals surface area contributed by atoms with E-state index < -0.39 is 0 Å². The maximum atomic E-state index is 12.2. The molecule has 1 aromatic carbocycles. The fraction of sp³-hybridized carbons (Fsp3) is 0.556. The van der Waals surface area contributed by atoms with Crippen LogP contribution in [0.1, 0.15) is 44.1 Å². The Kier molecular flexibility index (Phi) is 7.36. The van der Waals surface area contributed by atoms with Gasteiger partial charge in [0.25, 0.3) is 0 Å². The second-order valence-electron chi connectivity index (χ2n) is 10.5. The number of hydrogen-bond acceptors (Lipinski definition) is 7. The quantitative estimate of drug-likeness (QED) is 0.521. The van der Waals surface area contributed by atoms with Gasteiger partial charge >= 0.3 is 0 Å². The van der Waals surface area contributed by atoms with E-state index in [1.165, 1.54) is 12.1 Å². The average molecular weight is 492 g/mol. The lowest BCUT2D eigenvalue weighted by Crippen LogP contribution is -2.34. The molecule has 2 amide bonds. The standard InChI is InChI=1S/C27H37N7O2/c1-32(2)24-12-14-33(17-24)22-9-7-21(8-10-22)30-27-29-16-20(15-19-11-13-28-26(19)36)25(31-27)34(18-35)23-5-3-4-6-23/h7-10,16,18-19,23-24H,3-6,11-15,17H2,1-2H3,(H,28,36)(H,29,30,31)/t19-,24-/m0/s1. The molecular formula is C27H37N7O2. The predicted octanol–water partition coefficient (Wildman–Crippen LogP) is 2.94. The van der Waals surface area contributed by atoms with Gasteiger partial charge in [0.15, 0.2) is 0 Å². The van der Waals surface area contributed by atoms with Crippen molar-refractivity contribution >= 4 is 35.5 Å². The summed E-state index contributed by atoms with van der Waals surface area (Å²) >= 11 is 0. The van der Waals surface area contributed by atoms with Crippen LogP contribution in [0, 0.1) is 5.92 Å². The van der Waals surface area contributed by atoms with Crippen molar-refractivity contribution in [2.75, 3.05) is 48.8 Å². The zero-order valence-corrected chi connectivity index (χ0v) is 21.3. The van der Waals surface area contributed by atoms with E-state index in [9.17, 15) is 9.59 Å². The van der Waals surface area contributed by atoms with Crippen LogP contribution < -0.4 is 20.4 Å². The summed E-state index contributed by atoms with van der Waals surface area (Å²) in [5.74, 6) is 1.04. The lowest BCUT2D eigenvalue weighted by Gasteiger charge is -2.26. The van der Waals surface area contributed by atoms with Gasteiger partial charge in [-0.05, 0) is 70.5 Å². The molecule has 2 N–H and O–H groups in total. The van der Waals surface area contributed by atoms with E-state index in [2.05, 4.69) is 51.6 Å². The molecule has 192 valence electrons. The summed E-state index contributed by atoms with van der Waals surface area (Å²) in [5.41, 5.74) is 2.96. The molecule has 1 aliphatic carbocycles. The van der Waals surface area contributed by atoms with Gasteiger partial charge in [0.05, 0.1) is 0 Å². The summed E-state index contributed by atoms with van der Waals surface area (Å²) in [5, 5.41) is 6.22. The van der Waals surface area contributed by atoms with Crippen LogP contribution in [0.3, 0.4) is 0 Å². The van der Waals surface area contributed by atoms with Crippen molar-refractivity contribution in [3.8, 4) is 0 Å². The number of amides is 2. The Balaban J connectivity index is 1.34. The molecule has 2 aromatic rings. The van der Waals surface area contributed by atoms with Gasteiger partial charge in [-0.1, -0.05) is 12.8 Å². The summed E-state index contributed by atoms with van der Waals surface area (Å²) < 4.78 is 0. The first-order valence-electron chi connectivity index (χ1n) is 13.2. The monoisotopic (exact) mass is 491 g/mol. The zero-order chi connectivity index (χ0) is 25.1. The molecule has 3 heterocycles. The minimum absolute atomic E-state index is 0.0664. The molecule has 2 aliphatic heterocycles. The summed E-state index contributed by atoms with van der Waals surface area (Å²) in [4.78, 5) is 40.3. The van der Waals surface area contributed by atoms with Crippen LogP contribution >= 0.6 is 0 Å². The Bertz CT molecular complexity index is 1070. The van der Waals surface area contributed by atoms with Gasteiger partial charge in [0.1, 0.15) is 5.82 Å². The summed E-state index contributed by atoms with van der Waals surface area (Å²) in [6.07, 6.45) is 9.36. The molecule has 2 saturated heterocycles. The third kappa shape index (κ3) is 5.31. The van der Waals surface area contributed by atoms with Crippen LogP contribution in [0.25, 0.3) is 0 Å². The molecule has 1 saturated carbocycles. The van der Waals surface area contributed by atoms with Crippen LogP contribution in [-0.2, 0) is 16.0 Å². The average Bonchev–Trinajstić information content (AvgIpc) is 3.65. The summed E-state index contributed by atoms with van der Waals surface area (Å²) in [7, 11) is 4.28. The van der Waals surface area contributed by atoms with Gasteiger partial charge in [-0.3, -0.25) is 14.5 Å². The van der Waals surface area contributed by atoms with E-state index >= 15 is 0 Å². The minimum atomic E-state index is -0.103. The van der Waals surface area contributed by atoms with Crippen molar-refractivity contribution in [1.29, 1.82) is 0 Å². The summed E-state index contributed by atoms with van der Waals surface area (Å²) in [6, 6.07) is 9.09. The SMILES string of the molecule is CN(C)[C@H]1CCN(c2ccc(Nc3ncc(C[C@@H]4CCNC4=O)c(N(C=O)C4CCCC4)n3)cc2)C1. The fourth-order valence-electron chi connectivity index (χ4n) is 5.70. The lowest BCUT2D eigenvalue weighted by molar-refractivity contribution is -0.122. The smallest absolute Gasteiger partial charge is 0.229 e. The Labute approximate surface area is 213 Å². The molecule has 0 unspecified atom stereocenters. The third-order valence-electron chi connectivity index (χ3n) is 7.93. The summed E-state index contributed by atoms with van der Waals surface area (Å²) in [6.45, 7) is 2.79. The van der Waals surface area contributed by atoms with Crippen LogP contribution in [0.15, 0.2) is 30.5 Å². The Hall–Kier alpha value is -3.20. The maximum absolute atomic E-state index is 12.2. The van der Waals surface area contributed by atoms with Gasteiger partial charge in [0, 0.05) is 60.8 Å². The highest BCUT2D eigenvalue weighted by Gasteiger charge is 2.30. The first-order valence-corrected chi connectivity index (χ1v) is 13.2. The van der Waals surface area contributed by atoms with Crippen molar-refractivity contribution in [1.82, 2.24) is 20.2 Å². The molecule has 9 heteroatoms. The van der Waals surface area contributed by atoms with Crippen LogP contribution in [0.4, 0.5) is 23.1 Å². The van der Waals surface area contributed by atoms with E-state index in [1.54, 1.807) is 11.1 Å². The second kappa shape index (κ2) is 10.8. The van der Waals surface area contributed by atoms with Gasteiger partial charge in [-0.2, -0.15) is 4.98 Å². The first-order chi connectivity index (χ1) is 17.5. The van der Waals surface area contributed by atoms with Crippen molar-refractivity contribution in [2.24, 2.45) is 5.92 Å². The van der Waals surface area contributed by atoms with Crippen molar-refractivity contribution in [3.05, 3.63) is 36.0 Å². The minimum Gasteiger partial charge on any atom is -0.370 e. The highest BCUT2D eigenvalue weighted by Crippen LogP contribution is 2.31. The number of carbonyl (C=O) groups is 2. The van der Waals surface area contributed by atoms with Crippen molar-refractivity contribution in [2.45, 2.75) is 57.0 Å². The fourth-order valence-corrected chi connectivity index (χ4v) is 5.70.